The molecule has 0 saturated carbocycles. The highest BCUT2D eigenvalue weighted by Gasteiger charge is 2.06. The zero-order valence-corrected chi connectivity index (χ0v) is 13.2. The molecule has 0 aliphatic carbocycles. The van der Waals surface area contributed by atoms with Crippen LogP contribution in [0.15, 0.2) is 48.8 Å². The Morgan fingerprint density at radius 3 is 2.74 bits per heavy atom. The zero-order valence-electron chi connectivity index (χ0n) is 13.2. The number of carbonyl (C=O) groups is 1. The van der Waals surface area contributed by atoms with Crippen molar-refractivity contribution in [2.24, 2.45) is 7.05 Å². The second kappa shape index (κ2) is 6.52. The summed E-state index contributed by atoms with van der Waals surface area (Å²) in [4.78, 5) is 16.4. The van der Waals surface area contributed by atoms with E-state index in [2.05, 4.69) is 10.3 Å². The second-order valence-electron chi connectivity index (χ2n) is 5.46. The van der Waals surface area contributed by atoms with E-state index in [0.717, 1.165) is 28.0 Å². The lowest BCUT2D eigenvalue weighted by Gasteiger charge is -2.06. The molecule has 2 aromatic carbocycles. The first-order valence-electron chi connectivity index (χ1n) is 7.49. The van der Waals surface area contributed by atoms with Crippen LogP contribution in [0.5, 0.6) is 5.75 Å². The van der Waals surface area contributed by atoms with E-state index in [0.29, 0.717) is 12.8 Å². The number of benzene rings is 2. The van der Waals surface area contributed by atoms with Crippen molar-refractivity contribution >= 4 is 22.6 Å². The first-order chi connectivity index (χ1) is 11.2. The molecule has 0 fully saturated rings. The number of rotatable bonds is 5. The number of ether oxygens (including phenoxy) is 1. The van der Waals surface area contributed by atoms with Crippen molar-refractivity contribution in [3.63, 3.8) is 0 Å². The monoisotopic (exact) mass is 309 g/mol. The summed E-state index contributed by atoms with van der Waals surface area (Å²) >= 11 is 0. The van der Waals surface area contributed by atoms with E-state index in [-0.39, 0.29) is 5.91 Å². The molecule has 1 N–H and O–H groups in total. The van der Waals surface area contributed by atoms with Gasteiger partial charge in [-0.15, -0.1) is 0 Å². The van der Waals surface area contributed by atoms with Gasteiger partial charge in [-0.3, -0.25) is 4.79 Å². The maximum atomic E-state index is 12.1. The number of nitrogens with zero attached hydrogens (tertiary/aromatic N) is 2. The van der Waals surface area contributed by atoms with E-state index in [1.54, 1.807) is 13.4 Å². The average molecular weight is 309 g/mol. The van der Waals surface area contributed by atoms with Gasteiger partial charge in [0.1, 0.15) is 5.75 Å². The molecule has 5 heteroatoms. The molecule has 0 spiro atoms. The van der Waals surface area contributed by atoms with E-state index in [9.17, 15) is 4.79 Å². The molecular weight excluding hydrogens is 290 g/mol. The number of aromatic nitrogens is 2. The Balaban J connectivity index is 1.59. The number of carbonyl (C=O) groups excluding carboxylic acids is 1. The number of methoxy groups -OCH3 is 1. The summed E-state index contributed by atoms with van der Waals surface area (Å²) in [5.41, 5.74) is 3.80. The van der Waals surface area contributed by atoms with Gasteiger partial charge in [-0.1, -0.05) is 12.1 Å². The number of hydrogen-bond acceptors (Lipinski definition) is 3. The lowest BCUT2D eigenvalue weighted by Crippen LogP contribution is -2.12. The van der Waals surface area contributed by atoms with Gasteiger partial charge in [0, 0.05) is 19.2 Å². The molecule has 0 atom stereocenters. The highest BCUT2D eigenvalue weighted by Crippen LogP contribution is 2.18. The standard InChI is InChI=1S/C18H19N3O2/c1-21-12-19-16-11-14(6-9-17(16)21)20-18(22)10-5-13-3-7-15(23-2)8-4-13/h3-4,6-9,11-12H,5,10H2,1-2H3,(H,20,22). The summed E-state index contributed by atoms with van der Waals surface area (Å²) in [6.45, 7) is 0. The smallest absolute Gasteiger partial charge is 0.224 e. The molecule has 1 heterocycles. The van der Waals surface area contributed by atoms with Crippen molar-refractivity contribution in [2.75, 3.05) is 12.4 Å². The fourth-order valence-electron chi connectivity index (χ4n) is 2.49. The summed E-state index contributed by atoms with van der Waals surface area (Å²) in [5.74, 6) is 0.818. The number of aryl methyl sites for hydroxylation is 2. The summed E-state index contributed by atoms with van der Waals surface area (Å²) in [5, 5.41) is 2.92. The van der Waals surface area contributed by atoms with E-state index < -0.39 is 0 Å². The SMILES string of the molecule is COc1ccc(CCC(=O)Nc2ccc3c(c2)ncn3C)cc1. The molecule has 0 unspecified atom stereocenters. The van der Waals surface area contributed by atoms with Crippen molar-refractivity contribution in [3.05, 3.63) is 54.4 Å². The van der Waals surface area contributed by atoms with Crippen LogP contribution < -0.4 is 10.1 Å². The van der Waals surface area contributed by atoms with Gasteiger partial charge < -0.3 is 14.6 Å². The molecule has 1 aromatic heterocycles. The highest BCUT2D eigenvalue weighted by molar-refractivity contribution is 5.93. The molecule has 1 amide bonds. The molecule has 3 aromatic rings. The van der Waals surface area contributed by atoms with E-state index in [1.807, 2.05) is 54.1 Å². The predicted octanol–water partition coefficient (Wildman–Crippen LogP) is 3.15. The molecular formula is C18H19N3O2. The van der Waals surface area contributed by atoms with Crippen LogP contribution in [0.4, 0.5) is 5.69 Å². The molecule has 0 aliphatic rings. The normalized spacial score (nSPS) is 10.7. The summed E-state index contributed by atoms with van der Waals surface area (Å²) < 4.78 is 7.07. The Morgan fingerprint density at radius 1 is 1.22 bits per heavy atom. The molecule has 23 heavy (non-hydrogen) atoms. The maximum absolute atomic E-state index is 12.1. The number of imidazole rings is 1. The fraction of sp³-hybridized carbons (Fsp3) is 0.222. The number of amides is 1. The maximum Gasteiger partial charge on any atom is 0.224 e. The summed E-state index contributed by atoms with van der Waals surface area (Å²) in [6.07, 6.45) is 2.90. The largest absolute Gasteiger partial charge is 0.497 e. The van der Waals surface area contributed by atoms with Crippen LogP contribution in [0.25, 0.3) is 11.0 Å². The third-order valence-corrected chi connectivity index (χ3v) is 3.81. The van der Waals surface area contributed by atoms with Gasteiger partial charge in [0.15, 0.2) is 0 Å². The number of anilines is 1. The van der Waals surface area contributed by atoms with Gasteiger partial charge in [0.25, 0.3) is 0 Å². The van der Waals surface area contributed by atoms with Gasteiger partial charge >= 0.3 is 0 Å². The van der Waals surface area contributed by atoms with E-state index in [4.69, 9.17) is 4.74 Å². The number of nitrogens with one attached hydrogen (secondary N) is 1. The fourth-order valence-corrected chi connectivity index (χ4v) is 2.49. The zero-order chi connectivity index (χ0) is 16.2. The molecule has 0 saturated heterocycles. The topological polar surface area (TPSA) is 56.1 Å². The third kappa shape index (κ3) is 3.51. The first kappa shape index (κ1) is 15.1. The van der Waals surface area contributed by atoms with Gasteiger partial charge in [0.05, 0.1) is 24.5 Å². The third-order valence-electron chi connectivity index (χ3n) is 3.81. The summed E-state index contributed by atoms with van der Waals surface area (Å²) in [7, 11) is 3.59. The average Bonchev–Trinajstić information content (AvgIpc) is 2.94. The van der Waals surface area contributed by atoms with Crippen LogP contribution in [0.2, 0.25) is 0 Å². The van der Waals surface area contributed by atoms with Gasteiger partial charge in [-0.05, 0) is 42.3 Å². The molecule has 118 valence electrons. The van der Waals surface area contributed by atoms with Crippen LogP contribution in [0.3, 0.4) is 0 Å². The van der Waals surface area contributed by atoms with Crippen LogP contribution >= 0.6 is 0 Å². The van der Waals surface area contributed by atoms with Crippen LogP contribution in [-0.4, -0.2) is 22.6 Å². The number of hydrogen-bond donors (Lipinski definition) is 1. The van der Waals surface area contributed by atoms with Gasteiger partial charge in [0.2, 0.25) is 5.91 Å². The van der Waals surface area contributed by atoms with Crippen molar-refractivity contribution in [1.29, 1.82) is 0 Å². The quantitative estimate of drug-likeness (QED) is 0.787. The summed E-state index contributed by atoms with van der Waals surface area (Å²) in [6, 6.07) is 13.5. The Bertz CT molecular complexity index is 822. The van der Waals surface area contributed by atoms with Gasteiger partial charge in [-0.2, -0.15) is 0 Å². The molecule has 0 aliphatic heterocycles. The second-order valence-corrected chi connectivity index (χ2v) is 5.46. The van der Waals surface area contributed by atoms with Crippen molar-refractivity contribution < 1.29 is 9.53 Å². The number of fused-ring (bicyclic) bond motifs is 1. The first-order valence-corrected chi connectivity index (χ1v) is 7.49. The lowest BCUT2D eigenvalue weighted by molar-refractivity contribution is -0.116. The molecule has 3 rings (SSSR count). The van der Waals surface area contributed by atoms with Crippen molar-refractivity contribution in [1.82, 2.24) is 9.55 Å². The Hall–Kier alpha value is -2.82. The van der Waals surface area contributed by atoms with Crippen molar-refractivity contribution in [3.8, 4) is 5.75 Å². The Morgan fingerprint density at radius 2 is 2.00 bits per heavy atom. The van der Waals surface area contributed by atoms with Gasteiger partial charge in [-0.25, -0.2) is 4.98 Å². The van der Waals surface area contributed by atoms with Crippen LogP contribution in [0, 0.1) is 0 Å². The predicted molar refractivity (Wildman–Crippen MR) is 90.7 cm³/mol. The highest BCUT2D eigenvalue weighted by atomic mass is 16.5. The molecule has 0 bridgehead atoms. The Kier molecular flexibility index (Phi) is 4.28. The molecule has 5 nitrogen and oxygen atoms in total. The lowest BCUT2D eigenvalue weighted by atomic mass is 10.1. The van der Waals surface area contributed by atoms with E-state index >= 15 is 0 Å². The minimum atomic E-state index is -0.00361. The molecule has 0 radical (unpaired) electrons. The Labute approximate surface area is 134 Å². The minimum Gasteiger partial charge on any atom is -0.497 e. The van der Waals surface area contributed by atoms with E-state index in [1.165, 1.54) is 0 Å². The minimum absolute atomic E-state index is 0.00361. The van der Waals surface area contributed by atoms with Crippen molar-refractivity contribution in [2.45, 2.75) is 12.8 Å². The van der Waals surface area contributed by atoms with Crippen LogP contribution in [-0.2, 0) is 18.3 Å². The van der Waals surface area contributed by atoms with Crippen LogP contribution in [0.1, 0.15) is 12.0 Å².